The van der Waals surface area contributed by atoms with Crippen LogP contribution in [-0.4, -0.2) is 18.9 Å². The van der Waals surface area contributed by atoms with Crippen molar-refractivity contribution in [3.8, 4) is 0 Å². The van der Waals surface area contributed by atoms with E-state index in [1.165, 1.54) is 7.11 Å². The minimum absolute atomic E-state index is 0.0377. The summed E-state index contributed by atoms with van der Waals surface area (Å²) < 4.78 is 4.70. The fourth-order valence-corrected chi connectivity index (χ4v) is 2.01. The molecule has 0 amide bonds. The first-order valence-electron chi connectivity index (χ1n) is 6.38. The van der Waals surface area contributed by atoms with Gasteiger partial charge in [-0.3, -0.25) is 4.79 Å². The van der Waals surface area contributed by atoms with Crippen molar-refractivity contribution in [3.05, 3.63) is 70.8 Å². The van der Waals surface area contributed by atoms with Gasteiger partial charge in [0.05, 0.1) is 12.7 Å². The van der Waals surface area contributed by atoms with Crippen LogP contribution in [0, 0.1) is 6.92 Å². The van der Waals surface area contributed by atoms with Crippen LogP contribution >= 0.6 is 0 Å². The van der Waals surface area contributed by atoms with Crippen molar-refractivity contribution in [1.82, 2.24) is 0 Å². The second-order valence-corrected chi connectivity index (χ2v) is 4.60. The number of Topliss-reactive ketones (excluding diaryl/α,β-unsaturated/α-hetero) is 1. The van der Waals surface area contributed by atoms with Crippen LogP contribution in [-0.2, 0) is 11.2 Å². The number of carbonyl (C=O) groups is 2. The lowest BCUT2D eigenvalue weighted by Gasteiger charge is -2.07. The smallest absolute Gasteiger partial charge is 0.337 e. The number of hydrogen-bond acceptors (Lipinski definition) is 3. The number of aryl methyl sites for hydroxylation is 1. The highest BCUT2D eigenvalue weighted by atomic mass is 16.5. The normalized spacial score (nSPS) is 10.1. The van der Waals surface area contributed by atoms with Crippen LogP contribution < -0.4 is 0 Å². The molecule has 0 N–H and O–H groups in total. The average molecular weight is 268 g/mol. The van der Waals surface area contributed by atoms with E-state index in [9.17, 15) is 9.59 Å². The molecule has 0 aliphatic carbocycles. The first-order chi connectivity index (χ1) is 9.61. The van der Waals surface area contributed by atoms with Gasteiger partial charge in [-0.1, -0.05) is 36.4 Å². The van der Waals surface area contributed by atoms with Crippen molar-refractivity contribution >= 4 is 11.8 Å². The summed E-state index contributed by atoms with van der Waals surface area (Å²) >= 11 is 0. The molecule has 0 atom stereocenters. The average Bonchev–Trinajstić information content (AvgIpc) is 2.49. The standard InChI is InChI=1S/C17H16O3/c1-12-8-9-14(17(19)20-2)10-15(12)11-16(18)13-6-4-3-5-7-13/h3-10H,11H2,1-2H3. The summed E-state index contributed by atoms with van der Waals surface area (Å²) in [6.07, 6.45) is 0.278. The lowest BCUT2D eigenvalue weighted by molar-refractivity contribution is 0.0600. The molecule has 0 spiro atoms. The molecule has 2 rings (SSSR count). The van der Waals surface area contributed by atoms with E-state index in [0.717, 1.165) is 11.1 Å². The van der Waals surface area contributed by atoms with Crippen molar-refractivity contribution in [3.63, 3.8) is 0 Å². The van der Waals surface area contributed by atoms with E-state index in [2.05, 4.69) is 0 Å². The molecule has 20 heavy (non-hydrogen) atoms. The topological polar surface area (TPSA) is 43.4 Å². The molecule has 2 aromatic carbocycles. The van der Waals surface area contributed by atoms with E-state index in [4.69, 9.17) is 4.74 Å². The van der Waals surface area contributed by atoms with Crippen LogP contribution in [0.15, 0.2) is 48.5 Å². The van der Waals surface area contributed by atoms with E-state index in [1.807, 2.05) is 31.2 Å². The van der Waals surface area contributed by atoms with Gasteiger partial charge >= 0.3 is 5.97 Å². The number of esters is 1. The van der Waals surface area contributed by atoms with E-state index in [1.54, 1.807) is 24.3 Å². The molecule has 0 unspecified atom stereocenters. The highest BCUT2D eigenvalue weighted by Gasteiger charge is 2.12. The fourth-order valence-electron chi connectivity index (χ4n) is 2.01. The van der Waals surface area contributed by atoms with E-state index < -0.39 is 5.97 Å². The van der Waals surface area contributed by atoms with Gasteiger partial charge in [-0.25, -0.2) is 4.79 Å². The lowest BCUT2D eigenvalue weighted by atomic mass is 9.97. The Bertz CT molecular complexity index is 630. The number of carbonyl (C=O) groups excluding carboxylic acids is 2. The van der Waals surface area contributed by atoms with Crippen LogP contribution in [0.3, 0.4) is 0 Å². The molecule has 2 aromatic rings. The van der Waals surface area contributed by atoms with Crippen LogP contribution in [0.25, 0.3) is 0 Å². The first kappa shape index (κ1) is 14.0. The third kappa shape index (κ3) is 3.12. The molecule has 0 aliphatic rings. The van der Waals surface area contributed by atoms with Crippen LogP contribution in [0.2, 0.25) is 0 Å². The van der Waals surface area contributed by atoms with Crippen LogP contribution in [0.5, 0.6) is 0 Å². The summed E-state index contributed by atoms with van der Waals surface area (Å²) in [5.41, 5.74) is 2.98. The summed E-state index contributed by atoms with van der Waals surface area (Å²) in [7, 11) is 1.34. The maximum absolute atomic E-state index is 12.2. The number of hydrogen-bond donors (Lipinski definition) is 0. The minimum atomic E-state index is -0.390. The molecular formula is C17H16O3. The molecular weight excluding hydrogens is 252 g/mol. The number of ketones is 1. The van der Waals surface area contributed by atoms with Gasteiger partial charge < -0.3 is 4.74 Å². The Hall–Kier alpha value is -2.42. The third-order valence-electron chi connectivity index (χ3n) is 3.22. The van der Waals surface area contributed by atoms with Crippen molar-refractivity contribution in [2.24, 2.45) is 0 Å². The van der Waals surface area contributed by atoms with E-state index in [-0.39, 0.29) is 12.2 Å². The predicted octanol–water partition coefficient (Wildman–Crippen LogP) is 3.21. The Morgan fingerprint density at radius 2 is 1.70 bits per heavy atom. The van der Waals surface area contributed by atoms with Gasteiger partial charge in [0, 0.05) is 12.0 Å². The zero-order chi connectivity index (χ0) is 14.5. The maximum Gasteiger partial charge on any atom is 0.337 e. The quantitative estimate of drug-likeness (QED) is 0.631. The van der Waals surface area contributed by atoms with Crippen molar-refractivity contribution in [2.45, 2.75) is 13.3 Å². The van der Waals surface area contributed by atoms with Crippen LogP contribution in [0.1, 0.15) is 31.8 Å². The largest absolute Gasteiger partial charge is 0.465 e. The van der Waals surface area contributed by atoms with Gasteiger partial charge in [-0.2, -0.15) is 0 Å². The Kier molecular flexibility index (Phi) is 4.31. The van der Waals surface area contributed by atoms with Gasteiger partial charge in [-0.05, 0) is 30.2 Å². The van der Waals surface area contributed by atoms with Crippen LogP contribution in [0.4, 0.5) is 0 Å². The van der Waals surface area contributed by atoms with Crippen molar-refractivity contribution in [2.75, 3.05) is 7.11 Å². The molecule has 0 heterocycles. The monoisotopic (exact) mass is 268 g/mol. The van der Waals surface area contributed by atoms with E-state index in [0.29, 0.717) is 11.1 Å². The second-order valence-electron chi connectivity index (χ2n) is 4.60. The zero-order valence-electron chi connectivity index (χ0n) is 11.6. The van der Waals surface area contributed by atoms with Gasteiger partial charge in [0.15, 0.2) is 5.78 Å². The number of methoxy groups -OCH3 is 1. The van der Waals surface area contributed by atoms with Gasteiger partial charge in [0.1, 0.15) is 0 Å². The maximum atomic E-state index is 12.2. The molecule has 0 saturated heterocycles. The number of rotatable bonds is 4. The molecule has 0 fully saturated rings. The van der Waals surface area contributed by atoms with Crippen molar-refractivity contribution < 1.29 is 14.3 Å². The Balaban J connectivity index is 2.25. The molecule has 3 nitrogen and oxygen atoms in total. The molecule has 0 radical (unpaired) electrons. The summed E-state index contributed by atoms with van der Waals surface area (Å²) in [4.78, 5) is 23.7. The highest BCUT2D eigenvalue weighted by Crippen LogP contribution is 2.15. The number of ether oxygens (including phenoxy) is 1. The second kappa shape index (κ2) is 6.15. The minimum Gasteiger partial charge on any atom is -0.465 e. The highest BCUT2D eigenvalue weighted by molar-refractivity contribution is 5.98. The Morgan fingerprint density at radius 1 is 1.00 bits per heavy atom. The zero-order valence-corrected chi connectivity index (χ0v) is 11.6. The third-order valence-corrected chi connectivity index (χ3v) is 3.22. The van der Waals surface area contributed by atoms with Gasteiger partial charge in [-0.15, -0.1) is 0 Å². The SMILES string of the molecule is COC(=O)c1ccc(C)c(CC(=O)c2ccccc2)c1. The summed E-state index contributed by atoms with van der Waals surface area (Å²) in [5, 5.41) is 0. The van der Waals surface area contributed by atoms with E-state index >= 15 is 0 Å². The number of benzene rings is 2. The summed E-state index contributed by atoms with van der Waals surface area (Å²) in [6, 6.07) is 14.4. The van der Waals surface area contributed by atoms with Gasteiger partial charge in [0.25, 0.3) is 0 Å². The predicted molar refractivity (Wildman–Crippen MR) is 77.0 cm³/mol. The Morgan fingerprint density at radius 3 is 2.35 bits per heavy atom. The molecule has 102 valence electrons. The summed E-state index contributed by atoms with van der Waals surface area (Å²) in [6.45, 7) is 1.93. The first-order valence-corrected chi connectivity index (χ1v) is 6.38. The fraction of sp³-hybridized carbons (Fsp3) is 0.176. The van der Waals surface area contributed by atoms with Gasteiger partial charge in [0.2, 0.25) is 0 Å². The summed E-state index contributed by atoms with van der Waals surface area (Å²) in [5.74, 6) is -0.353. The lowest BCUT2D eigenvalue weighted by Crippen LogP contribution is -2.07. The molecule has 3 heteroatoms. The molecule has 0 saturated carbocycles. The Labute approximate surface area is 118 Å². The van der Waals surface area contributed by atoms with Crippen molar-refractivity contribution in [1.29, 1.82) is 0 Å². The molecule has 0 aliphatic heterocycles. The molecule has 0 bridgehead atoms. The molecule has 0 aromatic heterocycles.